The number of ether oxygens (including phenoxy) is 1. The van der Waals surface area contributed by atoms with Crippen molar-refractivity contribution in [2.24, 2.45) is 16.5 Å². The van der Waals surface area contributed by atoms with Crippen LogP contribution in [0.2, 0.25) is 0 Å². The number of benzene rings is 1. The number of imidazole rings is 1. The van der Waals surface area contributed by atoms with E-state index < -0.39 is 11.7 Å². The zero-order valence-electron chi connectivity index (χ0n) is 19.5. The van der Waals surface area contributed by atoms with Crippen LogP contribution in [0.5, 0.6) is 5.75 Å². The number of carbonyl (C=O) groups is 1. The molecule has 1 aliphatic rings. The number of nitrogens with one attached hydrogen (secondary N) is 1. The molecule has 1 aliphatic heterocycles. The Bertz CT molecular complexity index is 1240. The van der Waals surface area contributed by atoms with Crippen LogP contribution in [0.15, 0.2) is 42.1 Å². The van der Waals surface area contributed by atoms with Crippen LogP contribution >= 0.6 is 0 Å². The van der Waals surface area contributed by atoms with Crippen molar-refractivity contribution in [3.05, 3.63) is 59.8 Å². The van der Waals surface area contributed by atoms with Crippen molar-refractivity contribution in [1.29, 1.82) is 5.26 Å². The lowest BCUT2D eigenvalue weighted by Crippen LogP contribution is -2.46. The molecular weight excluding hydrogens is 439 g/mol. The van der Waals surface area contributed by atoms with Crippen LogP contribution in [0.4, 0.5) is 10.1 Å². The summed E-state index contributed by atoms with van der Waals surface area (Å²) in [6.45, 7) is 9.97. The van der Waals surface area contributed by atoms with Crippen LogP contribution in [-0.4, -0.2) is 39.3 Å². The zero-order valence-corrected chi connectivity index (χ0v) is 19.5. The third kappa shape index (κ3) is 4.17. The summed E-state index contributed by atoms with van der Waals surface area (Å²) in [5.74, 6) is -0.851. The number of anilines is 1. The summed E-state index contributed by atoms with van der Waals surface area (Å²) in [5, 5.41) is 12.5. The van der Waals surface area contributed by atoms with Gasteiger partial charge in [-0.25, -0.2) is 14.4 Å². The Kier molecular flexibility index (Phi) is 6.91. The number of hydrogen-bond acceptors (Lipinski definition) is 7. The number of halogens is 1. The summed E-state index contributed by atoms with van der Waals surface area (Å²) < 4.78 is 21.4. The summed E-state index contributed by atoms with van der Waals surface area (Å²) in [6.07, 6.45) is 3.62. The van der Waals surface area contributed by atoms with E-state index >= 15 is 0 Å². The predicted octanol–water partition coefficient (Wildman–Crippen LogP) is 2.92. The minimum atomic E-state index is -0.910. The third-order valence-corrected chi connectivity index (χ3v) is 5.47. The summed E-state index contributed by atoms with van der Waals surface area (Å²) in [6, 6.07) is 4.25. The number of nitrogens with zero attached hydrogens (tertiary/aromatic N) is 5. The van der Waals surface area contributed by atoms with Gasteiger partial charge in [-0.1, -0.05) is 13.5 Å². The van der Waals surface area contributed by atoms with E-state index in [9.17, 15) is 14.4 Å². The van der Waals surface area contributed by atoms with Gasteiger partial charge in [0.15, 0.2) is 11.5 Å². The van der Waals surface area contributed by atoms with Gasteiger partial charge in [0.2, 0.25) is 0 Å². The first-order chi connectivity index (χ1) is 16.2. The van der Waals surface area contributed by atoms with Gasteiger partial charge in [0, 0.05) is 18.3 Å². The number of rotatable bonds is 7. The van der Waals surface area contributed by atoms with Crippen molar-refractivity contribution in [3.63, 3.8) is 0 Å². The Morgan fingerprint density at radius 2 is 2.21 bits per heavy atom. The molecular formula is C23H27FN8O2. The molecule has 0 aliphatic carbocycles. The number of nitriles is 1. The first-order valence-corrected chi connectivity index (χ1v) is 10.6. The third-order valence-electron chi connectivity index (χ3n) is 5.47. The highest BCUT2D eigenvalue weighted by molar-refractivity contribution is 6.18. The van der Waals surface area contributed by atoms with E-state index in [1.165, 1.54) is 19.4 Å². The molecule has 2 heterocycles. The first-order valence-electron chi connectivity index (χ1n) is 10.6. The monoisotopic (exact) mass is 466 g/mol. The van der Waals surface area contributed by atoms with Gasteiger partial charge in [0.1, 0.15) is 35.5 Å². The molecule has 178 valence electrons. The number of aliphatic imine (C=N–C) groups is 1. The fraction of sp³-hybridized carbons (Fsp3) is 0.304. The van der Waals surface area contributed by atoms with Crippen molar-refractivity contribution in [3.8, 4) is 11.8 Å². The molecule has 11 heteroatoms. The van der Waals surface area contributed by atoms with Gasteiger partial charge in [-0.05, 0) is 26.3 Å². The van der Waals surface area contributed by atoms with Crippen molar-refractivity contribution in [2.75, 3.05) is 12.4 Å². The fourth-order valence-electron chi connectivity index (χ4n) is 4.06. The molecule has 0 radical (unpaired) electrons. The lowest BCUT2D eigenvalue weighted by atomic mass is 10.0. The van der Waals surface area contributed by atoms with Gasteiger partial charge in [-0.15, -0.1) is 0 Å². The molecule has 0 bridgehead atoms. The van der Waals surface area contributed by atoms with Gasteiger partial charge >= 0.3 is 0 Å². The summed E-state index contributed by atoms with van der Waals surface area (Å²) in [4.78, 5) is 22.4. The molecule has 1 aromatic carbocycles. The molecule has 0 unspecified atom stereocenters. The van der Waals surface area contributed by atoms with Crippen LogP contribution in [0, 0.1) is 17.1 Å². The molecule has 0 spiro atoms. The van der Waals surface area contributed by atoms with Crippen molar-refractivity contribution in [2.45, 2.75) is 39.3 Å². The quantitative estimate of drug-likeness (QED) is 0.568. The van der Waals surface area contributed by atoms with Crippen LogP contribution in [0.3, 0.4) is 0 Å². The second kappa shape index (κ2) is 9.66. The Labute approximate surface area is 197 Å². The highest BCUT2D eigenvalue weighted by Crippen LogP contribution is 2.37. The Morgan fingerprint density at radius 1 is 1.50 bits per heavy atom. The highest BCUT2D eigenvalue weighted by atomic mass is 19.1. The standard InChI is InChI=1S/C23H27FN8O2/c1-6-18-21-17(9-25)28-11-31(21)19(10-26)23(32(18)12(2)3)30-13(4)29-16-8-15(24)14(22(27)33)7-20(16)34-5/h7-8,10-12,18,29H,4,6,26H2,1-3,5H3,(H2,27,33)/b19-10+,30-23+/t18-/m1/s1. The molecule has 2 aromatic rings. The number of aromatic nitrogens is 2. The number of nitrogens with two attached hydrogens (primary N) is 2. The predicted molar refractivity (Wildman–Crippen MR) is 127 cm³/mol. The average Bonchev–Trinajstić information content (AvgIpc) is 3.21. The molecule has 3 rings (SSSR count). The zero-order chi connectivity index (χ0) is 25.2. The second-order valence-electron chi connectivity index (χ2n) is 7.84. The lowest BCUT2D eigenvalue weighted by Gasteiger charge is -2.42. The summed E-state index contributed by atoms with van der Waals surface area (Å²) in [7, 11) is 1.38. The highest BCUT2D eigenvalue weighted by Gasteiger charge is 2.37. The molecule has 1 aromatic heterocycles. The van der Waals surface area contributed by atoms with Crippen molar-refractivity contribution in [1.82, 2.24) is 14.5 Å². The van der Waals surface area contributed by atoms with Crippen LogP contribution in [0.25, 0.3) is 5.70 Å². The van der Waals surface area contributed by atoms with Gasteiger partial charge in [-0.3, -0.25) is 9.36 Å². The minimum absolute atomic E-state index is 0.0107. The Hall–Kier alpha value is -4.33. The number of fused-ring (bicyclic) bond motifs is 1. The van der Waals surface area contributed by atoms with Crippen LogP contribution in [0.1, 0.15) is 55.0 Å². The molecule has 5 N–H and O–H groups in total. The number of methoxy groups -OCH3 is 1. The number of amides is 1. The normalized spacial score (nSPS) is 17.6. The Morgan fingerprint density at radius 3 is 2.74 bits per heavy atom. The average molecular weight is 467 g/mol. The van der Waals surface area contributed by atoms with E-state index in [1.54, 1.807) is 10.9 Å². The maximum absolute atomic E-state index is 14.4. The van der Waals surface area contributed by atoms with Gasteiger partial charge in [-0.2, -0.15) is 5.26 Å². The van der Waals surface area contributed by atoms with Crippen LogP contribution in [-0.2, 0) is 0 Å². The minimum Gasteiger partial charge on any atom is -0.495 e. The number of carbonyl (C=O) groups excluding carboxylic acids is 1. The molecule has 0 saturated carbocycles. The van der Waals surface area contributed by atoms with E-state index in [0.717, 1.165) is 11.8 Å². The number of primary amides is 1. The fourth-order valence-corrected chi connectivity index (χ4v) is 4.06. The first kappa shape index (κ1) is 24.3. The summed E-state index contributed by atoms with van der Waals surface area (Å²) in [5.41, 5.74) is 12.7. The smallest absolute Gasteiger partial charge is 0.251 e. The molecule has 10 nitrogen and oxygen atoms in total. The Balaban J connectivity index is 2.08. The van der Waals surface area contributed by atoms with E-state index in [2.05, 4.69) is 27.9 Å². The molecule has 0 saturated heterocycles. The van der Waals surface area contributed by atoms with E-state index in [1.807, 2.05) is 25.7 Å². The van der Waals surface area contributed by atoms with Gasteiger partial charge in [0.25, 0.3) is 5.91 Å². The maximum atomic E-state index is 14.4. The number of amidine groups is 1. The molecule has 1 atom stereocenters. The molecule has 0 fully saturated rings. The SMILES string of the molecule is C=C(/N=C1\C(=C/N)n2cnc(C#N)c2[C@@H](CC)N1C(C)C)Nc1cc(F)c(C(N)=O)cc1OC. The summed E-state index contributed by atoms with van der Waals surface area (Å²) >= 11 is 0. The lowest BCUT2D eigenvalue weighted by molar-refractivity contribution is 0.0996. The largest absolute Gasteiger partial charge is 0.495 e. The topological polar surface area (TPSA) is 148 Å². The van der Waals surface area contributed by atoms with Gasteiger partial charge < -0.3 is 26.4 Å². The maximum Gasteiger partial charge on any atom is 0.251 e. The molecule has 34 heavy (non-hydrogen) atoms. The van der Waals surface area contributed by atoms with E-state index in [4.69, 9.17) is 16.2 Å². The van der Waals surface area contributed by atoms with Crippen molar-refractivity contribution >= 4 is 23.1 Å². The van der Waals surface area contributed by atoms with E-state index in [-0.39, 0.29) is 34.9 Å². The number of hydrogen-bond donors (Lipinski definition) is 3. The van der Waals surface area contributed by atoms with E-state index in [0.29, 0.717) is 23.6 Å². The van der Waals surface area contributed by atoms with Gasteiger partial charge in [0.05, 0.1) is 30.1 Å². The van der Waals surface area contributed by atoms with Crippen molar-refractivity contribution < 1.29 is 13.9 Å². The van der Waals surface area contributed by atoms with Crippen LogP contribution < -0.4 is 21.5 Å². The molecule has 1 amide bonds. The second-order valence-corrected chi connectivity index (χ2v) is 7.84.